The number of aromatic nitrogens is 2. The molecule has 1 amide bonds. The molecule has 1 saturated heterocycles. The van der Waals surface area contributed by atoms with Gasteiger partial charge in [0.1, 0.15) is 12.3 Å². The number of fused-ring (bicyclic) bond motifs is 1. The van der Waals surface area contributed by atoms with Crippen molar-refractivity contribution in [1.29, 1.82) is 0 Å². The SMILES string of the molecule is COc1cc(C(F)(F)F)ccc1-c1ccc2ncn(CC(=O)N3CCCC3)c2c1. The lowest BCUT2D eigenvalue weighted by atomic mass is 10.0. The Morgan fingerprint density at radius 3 is 2.59 bits per heavy atom. The molecule has 0 aliphatic carbocycles. The van der Waals surface area contributed by atoms with Crippen molar-refractivity contribution in [2.45, 2.75) is 25.6 Å². The van der Waals surface area contributed by atoms with Crippen LogP contribution in [0.1, 0.15) is 18.4 Å². The van der Waals surface area contributed by atoms with Crippen LogP contribution in [0.15, 0.2) is 42.7 Å². The minimum absolute atomic E-state index is 0.0410. The van der Waals surface area contributed by atoms with E-state index in [4.69, 9.17) is 4.74 Å². The summed E-state index contributed by atoms with van der Waals surface area (Å²) in [6, 6.07) is 8.83. The fourth-order valence-corrected chi connectivity index (χ4v) is 3.67. The normalized spacial score (nSPS) is 14.6. The highest BCUT2D eigenvalue weighted by Crippen LogP contribution is 2.37. The predicted molar refractivity (Wildman–Crippen MR) is 103 cm³/mol. The Bertz CT molecular complexity index is 1050. The predicted octanol–water partition coefficient (Wildman–Crippen LogP) is 4.35. The molecule has 0 bridgehead atoms. The molecule has 2 aromatic carbocycles. The summed E-state index contributed by atoms with van der Waals surface area (Å²) in [4.78, 5) is 18.7. The number of benzene rings is 2. The molecule has 3 aromatic rings. The highest BCUT2D eigenvalue weighted by Gasteiger charge is 2.31. The van der Waals surface area contributed by atoms with Crippen LogP contribution < -0.4 is 4.74 Å². The van der Waals surface area contributed by atoms with E-state index in [1.165, 1.54) is 13.2 Å². The monoisotopic (exact) mass is 403 g/mol. The Balaban J connectivity index is 1.69. The molecule has 0 spiro atoms. The molecule has 1 fully saturated rings. The number of methoxy groups -OCH3 is 1. The highest BCUT2D eigenvalue weighted by atomic mass is 19.4. The summed E-state index contributed by atoms with van der Waals surface area (Å²) in [6.07, 6.45) is -0.778. The number of rotatable bonds is 4. The molecule has 152 valence electrons. The van der Waals surface area contributed by atoms with E-state index >= 15 is 0 Å². The van der Waals surface area contributed by atoms with Crippen molar-refractivity contribution in [2.24, 2.45) is 0 Å². The zero-order valence-electron chi connectivity index (χ0n) is 15.9. The van der Waals surface area contributed by atoms with Gasteiger partial charge < -0.3 is 14.2 Å². The van der Waals surface area contributed by atoms with Crippen molar-refractivity contribution in [3.05, 3.63) is 48.3 Å². The Kier molecular flexibility index (Phi) is 4.94. The third-order valence-electron chi connectivity index (χ3n) is 5.23. The quantitative estimate of drug-likeness (QED) is 0.651. The summed E-state index contributed by atoms with van der Waals surface area (Å²) in [5, 5.41) is 0. The van der Waals surface area contributed by atoms with E-state index in [9.17, 15) is 18.0 Å². The number of imidazole rings is 1. The first-order chi connectivity index (χ1) is 13.9. The van der Waals surface area contributed by atoms with Crippen molar-refractivity contribution >= 4 is 16.9 Å². The first-order valence-corrected chi connectivity index (χ1v) is 9.35. The van der Waals surface area contributed by atoms with Gasteiger partial charge >= 0.3 is 6.18 Å². The number of ether oxygens (including phenoxy) is 1. The van der Waals surface area contributed by atoms with Gasteiger partial charge in [-0.3, -0.25) is 4.79 Å². The second-order valence-corrected chi connectivity index (χ2v) is 7.08. The molecular formula is C21H20F3N3O2. The number of hydrogen-bond acceptors (Lipinski definition) is 3. The third kappa shape index (κ3) is 3.79. The number of halogens is 3. The maximum Gasteiger partial charge on any atom is 0.416 e. The topological polar surface area (TPSA) is 47.4 Å². The summed E-state index contributed by atoms with van der Waals surface area (Å²) in [6.45, 7) is 1.74. The summed E-state index contributed by atoms with van der Waals surface area (Å²) < 4.78 is 46.0. The van der Waals surface area contributed by atoms with Gasteiger partial charge in [0.05, 0.1) is 30.0 Å². The lowest BCUT2D eigenvalue weighted by Crippen LogP contribution is -2.30. The third-order valence-corrected chi connectivity index (χ3v) is 5.23. The van der Waals surface area contributed by atoms with Crippen molar-refractivity contribution in [1.82, 2.24) is 14.5 Å². The molecule has 0 saturated carbocycles. The fraction of sp³-hybridized carbons (Fsp3) is 0.333. The second-order valence-electron chi connectivity index (χ2n) is 7.08. The van der Waals surface area contributed by atoms with Gasteiger partial charge in [-0.15, -0.1) is 0 Å². The van der Waals surface area contributed by atoms with E-state index in [2.05, 4.69) is 4.98 Å². The lowest BCUT2D eigenvalue weighted by Gasteiger charge is -2.16. The molecule has 1 aliphatic rings. The second kappa shape index (κ2) is 7.42. The molecule has 29 heavy (non-hydrogen) atoms. The van der Waals surface area contributed by atoms with Crippen molar-refractivity contribution < 1.29 is 22.7 Å². The van der Waals surface area contributed by atoms with Gasteiger partial charge in [0.25, 0.3) is 0 Å². The van der Waals surface area contributed by atoms with Gasteiger partial charge in [0, 0.05) is 18.7 Å². The molecule has 4 rings (SSSR count). The zero-order chi connectivity index (χ0) is 20.6. The standard InChI is InChI=1S/C21H20F3N3O2/c1-29-19-11-15(21(22,23)24)5-6-16(19)14-4-7-17-18(10-14)27(13-25-17)12-20(28)26-8-2-3-9-26/h4-7,10-11,13H,2-3,8-9,12H2,1H3. The maximum absolute atomic E-state index is 13.0. The van der Waals surface area contributed by atoms with Gasteiger partial charge in [-0.2, -0.15) is 13.2 Å². The van der Waals surface area contributed by atoms with Crippen molar-refractivity contribution in [3.8, 4) is 16.9 Å². The Morgan fingerprint density at radius 1 is 1.14 bits per heavy atom. The van der Waals surface area contributed by atoms with Crippen LogP contribution >= 0.6 is 0 Å². The van der Waals surface area contributed by atoms with Gasteiger partial charge in [0.15, 0.2) is 0 Å². The summed E-state index contributed by atoms with van der Waals surface area (Å²) >= 11 is 0. The number of alkyl halides is 3. The highest BCUT2D eigenvalue weighted by molar-refractivity contribution is 5.85. The van der Waals surface area contributed by atoms with Crippen LogP contribution in [0.25, 0.3) is 22.2 Å². The molecule has 2 heterocycles. The van der Waals surface area contributed by atoms with Crippen LogP contribution in [-0.4, -0.2) is 40.6 Å². The number of carbonyl (C=O) groups excluding carboxylic acids is 1. The minimum atomic E-state index is -4.44. The molecule has 1 aromatic heterocycles. The fourth-order valence-electron chi connectivity index (χ4n) is 3.67. The first-order valence-electron chi connectivity index (χ1n) is 9.35. The Labute approximate surface area is 165 Å². The van der Waals surface area contributed by atoms with E-state index < -0.39 is 11.7 Å². The van der Waals surface area contributed by atoms with E-state index in [0.29, 0.717) is 16.6 Å². The molecular weight excluding hydrogens is 383 g/mol. The van der Waals surface area contributed by atoms with Crippen LogP contribution in [-0.2, 0) is 17.5 Å². The number of amides is 1. The average molecular weight is 403 g/mol. The Hall–Kier alpha value is -3.03. The average Bonchev–Trinajstić information content (AvgIpc) is 3.37. The van der Waals surface area contributed by atoms with Crippen LogP contribution in [0.4, 0.5) is 13.2 Å². The van der Waals surface area contributed by atoms with Crippen LogP contribution in [0, 0.1) is 0 Å². The lowest BCUT2D eigenvalue weighted by molar-refractivity contribution is -0.137. The van der Waals surface area contributed by atoms with E-state index in [1.54, 1.807) is 23.0 Å². The van der Waals surface area contributed by atoms with Gasteiger partial charge in [-0.25, -0.2) is 4.98 Å². The summed E-state index contributed by atoms with van der Waals surface area (Å²) in [5.74, 6) is 0.178. The van der Waals surface area contributed by atoms with Gasteiger partial charge in [0.2, 0.25) is 5.91 Å². The van der Waals surface area contributed by atoms with Crippen molar-refractivity contribution in [3.63, 3.8) is 0 Å². The number of hydrogen-bond donors (Lipinski definition) is 0. The molecule has 0 unspecified atom stereocenters. The first kappa shape index (κ1) is 19.3. The van der Waals surface area contributed by atoms with E-state index in [1.807, 2.05) is 11.0 Å². The Morgan fingerprint density at radius 2 is 1.90 bits per heavy atom. The summed E-state index contributed by atoms with van der Waals surface area (Å²) in [7, 11) is 1.34. The number of carbonyl (C=O) groups is 1. The van der Waals surface area contributed by atoms with Gasteiger partial charge in [-0.05, 0) is 42.7 Å². The zero-order valence-corrected chi connectivity index (χ0v) is 15.9. The van der Waals surface area contributed by atoms with E-state index in [-0.39, 0.29) is 18.2 Å². The van der Waals surface area contributed by atoms with Crippen molar-refractivity contribution in [2.75, 3.05) is 20.2 Å². The maximum atomic E-state index is 13.0. The van der Waals surface area contributed by atoms with Crippen LogP contribution in [0.2, 0.25) is 0 Å². The molecule has 8 heteroatoms. The molecule has 0 N–H and O–H groups in total. The smallest absolute Gasteiger partial charge is 0.416 e. The molecule has 0 atom stereocenters. The number of likely N-dealkylation sites (tertiary alicyclic amines) is 1. The molecule has 0 radical (unpaired) electrons. The molecule has 1 aliphatic heterocycles. The minimum Gasteiger partial charge on any atom is -0.496 e. The summed E-state index contributed by atoms with van der Waals surface area (Å²) in [5.41, 5.74) is 1.94. The van der Waals surface area contributed by atoms with E-state index in [0.717, 1.165) is 43.6 Å². The largest absolute Gasteiger partial charge is 0.496 e. The molecule has 5 nitrogen and oxygen atoms in total. The van der Waals surface area contributed by atoms with Crippen LogP contribution in [0.5, 0.6) is 5.75 Å². The van der Waals surface area contributed by atoms with Gasteiger partial charge in [-0.1, -0.05) is 12.1 Å². The van der Waals surface area contributed by atoms with Crippen LogP contribution in [0.3, 0.4) is 0 Å². The number of nitrogens with zero attached hydrogens (tertiary/aromatic N) is 3.